The van der Waals surface area contributed by atoms with E-state index < -0.39 is 0 Å². The van der Waals surface area contributed by atoms with Crippen LogP contribution in [0.4, 0.5) is 4.39 Å². The predicted molar refractivity (Wildman–Crippen MR) is 84.9 cm³/mol. The highest BCUT2D eigenvalue weighted by molar-refractivity contribution is 7.15. The number of rotatable bonds is 6. The lowest BCUT2D eigenvalue weighted by molar-refractivity contribution is 0.181. The number of hydrogen-bond donors (Lipinski definition) is 1. The van der Waals surface area contributed by atoms with Crippen LogP contribution < -0.4 is 5.32 Å². The molecule has 2 rings (SSSR count). The molecule has 3 nitrogen and oxygen atoms in total. The van der Waals surface area contributed by atoms with Crippen molar-refractivity contribution in [2.45, 2.75) is 40.0 Å². The SMILES string of the molecule is COCc1nc(-c2cccc(C)c2F)sc1CNC(C)C. The van der Waals surface area contributed by atoms with E-state index in [0.717, 1.165) is 17.1 Å². The van der Waals surface area contributed by atoms with Crippen LogP contribution in [-0.2, 0) is 17.9 Å². The number of ether oxygens (including phenoxy) is 1. The van der Waals surface area contributed by atoms with Crippen LogP contribution in [0.2, 0.25) is 0 Å². The maximum atomic E-state index is 14.2. The Labute approximate surface area is 129 Å². The molecule has 0 fully saturated rings. The first-order valence-corrected chi connectivity index (χ1v) is 7.81. The van der Waals surface area contributed by atoms with Crippen LogP contribution in [0.3, 0.4) is 0 Å². The smallest absolute Gasteiger partial charge is 0.136 e. The Morgan fingerprint density at radius 2 is 2.14 bits per heavy atom. The first-order chi connectivity index (χ1) is 10.0. The lowest BCUT2D eigenvalue weighted by Crippen LogP contribution is -2.21. The fourth-order valence-corrected chi connectivity index (χ4v) is 3.03. The van der Waals surface area contributed by atoms with E-state index in [1.165, 1.54) is 11.3 Å². The summed E-state index contributed by atoms with van der Waals surface area (Å²) >= 11 is 1.52. The second kappa shape index (κ2) is 7.11. The van der Waals surface area contributed by atoms with Crippen LogP contribution in [0.15, 0.2) is 18.2 Å². The van der Waals surface area contributed by atoms with E-state index >= 15 is 0 Å². The summed E-state index contributed by atoms with van der Waals surface area (Å²) in [4.78, 5) is 5.66. The second-order valence-corrected chi connectivity index (χ2v) is 6.38. The molecular weight excluding hydrogens is 287 g/mol. The van der Waals surface area contributed by atoms with Gasteiger partial charge in [-0.05, 0) is 18.6 Å². The highest BCUT2D eigenvalue weighted by atomic mass is 32.1. The lowest BCUT2D eigenvalue weighted by atomic mass is 10.1. The molecule has 0 unspecified atom stereocenters. The summed E-state index contributed by atoms with van der Waals surface area (Å²) < 4.78 is 19.4. The van der Waals surface area contributed by atoms with Gasteiger partial charge in [0.15, 0.2) is 0 Å². The molecule has 0 spiro atoms. The van der Waals surface area contributed by atoms with Gasteiger partial charge in [0.25, 0.3) is 0 Å². The molecule has 0 aliphatic rings. The van der Waals surface area contributed by atoms with Crippen molar-refractivity contribution in [1.82, 2.24) is 10.3 Å². The summed E-state index contributed by atoms with van der Waals surface area (Å²) in [7, 11) is 1.64. The summed E-state index contributed by atoms with van der Waals surface area (Å²) in [5.74, 6) is -0.196. The molecule has 0 aliphatic carbocycles. The number of aryl methyl sites for hydroxylation is 1. The van der Waals surface area contributed by atoms with Crippen LogP contribution in [0, 0.1) is 12.7 Å². The molecule has 21 heavy (non-hydrogen) atoms. The van der Waals surface area contributed by atoms with Gasteiger partial charge in [0, 0.05) is 30.1 Å². The fraction of sp³-hybridized carbons (Fsp3) is 0.438. The molecule has 1 N–H and O–H groups in total. The molecule has 0 amide bonds. The largest absolute Gasteiger partial charge is 0.378 e. The zero-order valence-electron chi connectivity index (χ0n) is 12.9. The molecule has 0 atom stereocenters. The van der Waals surface area contributed by atoms with Gasteiger partial charge in [-0.1, -0.05) is 26.0 Å². The van der Waals surface area contributed by atoms with Crippen molar-refractivity contribution in [3.8, 4) is 10.6 Å². The Morgan fingerprint density at radius 3 is 2.81 bits per heavy atom. The van der Waals surface area contributed by atoms with Crippen LogP contribution in [0.25, 0.3) is 10.6 Å². The van der Waals surface area contributed by atoms with Gasteiger partial charge in [0.05, 0.1) is 12.3 Å². The molecule has 0 saturated carbocycles. The Morgan fingerprint density at radius 1 is 1.38 bits per heavy atom. The van der Waals surface area contributed by atoms with E-state index in [4.69, 9.17) is 4.74 Å². The minimum Gasteiger partial charge on any atom is -0.378 e. The van der Waals surface area contributed by atoms with Gasteiger partial charge in [-0.3, -0.25) is 0 Å². The van der Waals surface area contributed by atoms with Gasteiger partial charge in [-0.25, -0.2) is 9.37 Å². The summed E-state index contributed by atoms with van der Waals surface area (Å²) in [6.45, 7) is 7.13. The Bertz CT molecular complexity index is 610. The van der Waals surface area contributed by atoms with Gasteiger partial charge < -0.3 is 10.1 Å². The van der Waals surface area contributed by atoms with Gasteiger partial charge in [0.2, 0.25) is 0 Å². The zero-order chi connectivity index (χ0) is 15.4. The number of hydrogen-bond acceptors (Lipinski definition) is 4. The summed E-state index contributed by atoms with van der Waals surface area (Å²) in [5.41, 5.74) is 2.08. The number of aromatic nitrogens is 1. The molecule has 0 aliphatic heterocycles. The van der Waals surface area contributed by atoms with Crippen LogP contribution >= 0.6 is 11.3 Å². The third-order valence-corrected chi connectivity index (χ3v) is 4.28. The van der Waals surface area contributed by atoms with Crippen molar-refractivity contribution in [2.75, 3.05) is 7.11 Å². The molecule has 0 radical (unpaired) electrons. The Hall–Kier alpha value is -1.30. The monoisotopic (exact) mass is 308 g/mol. The van der Waals surface area contributed by atoms with E-state index in [2.05, 4.69) is 24.1 Å². The third kappa shape index (κ3) is 3.87. The maximum Gasteiger partial charge on any atom is 0.136 e. The number of thiazole rings is 1. The standard InChI is InChI=1S/C16H21FN2OS/c1-10(2)18-8-14-13(9-20-4)19-16(21-14)12-7-5-6-11(3)15(12)17/h5-7,10,18H,8-9H2,1-4H3. The fourth-order valence-electron chi connectivity index (χ4n) is 2.00. The Balaban J connectivity index is 2.36. The molecule has 114 valence electrons. The van der Waals surface area contributed by atoms with Crippen molar-refractivity contribution in [3.05, 3.63) is 40.2 Å². The second-order valence-electron chi connectivity index (χ2n) is 5.29. The van der Waals surface area contributed by atoms with E-state index in [9.17, 15) is 4.39 Å². The highest BCUT2D eigenvalue weighted by Crippen LogP contribution is 2.31. The van der Waals surface area contributed by atoms with E-state index in [1.807, 2.05) is 6.07 Å². The molecule has 1 heterocycles. The van der Waals surface area contributed by atoms with E-state index in [0.29, 0.717) is 28.8 Å². The highest BCUT2D eigenvalue weighted by Gasteiger charge is 2.16. The molecule has 1 aromatic heterocycles. The van der Waals surface area contributed by atoms with Crippen molar-refractivity contribution in [2.24, 2.45) is 0 Å². The number of halogens is 1. The topological polar surface area (TPSA) is 34.1 Å². The average Bonchev–Trinajstić information content (AvgIpc) is 2.83. The number of benzene rings is 1. The minimum absolute atomic E-state index is 0.196. The molecule has 0 saturated heterocycles. The van der Waals surface area contributed by atoms with Crippen molar-refractivity contribution in [3.63, 3.8) is 0 Å². The number of methoxy groups -OCH3 is 1. The van der Waals surface area contributed by atoms with E-state index in [1.54, 1.807) is 26.2 Å². The van der Waals surface area contributed by atoms with Crippen molar-refractivity contribution in [1.29, 1.82) is 0 Å². The molecule has 1 aromatic carbocycles. The quantitative estimate of drug-likeness (QED) is 0.879. The number of nitrogens with one attached hydrogen (secondary N) is 1. The van der Waals surface area contributed by atoms with Gasteiger partial charge >= 0.3 is 0 Å². The first-order valence-electron chi connectivity index (χ1n) is 6.99. The predicted octanol–water partition coefficient (Wildman–Crippen LogP) is 3.90. The zero-order valence-corrected chi connectivity index (χ0v) is 13.7. The van der Waals surface area contributed by atoms with Gasteiger partial charge in [-0.2, -0.15) is 0 Å². The van der Waals surface area contributed by atoms with Crippen LogP contribution in [0.5, 0.6) is 0 Å². The number of nitrogens with zero attached hydrogens (tertiary/aromatic N) is 1. The summed E-state index contributed by atoms with van der Waals surface area (Å²) in [6.07, 6.45) is 0. The van der Waals surface area contributed by atoms with Gasteiger partial charge in [0.1, 0.15) is 10.8 Å². The lowest BCUT2D eigenvalue weighted by Gasteiger charge is -2.07. The molecule has 2 aromatic rings. The van der Waals surface area contributed by atoms with Crippen LogP contribution in [-0.4, -0.2) is 18.1 Å². The molecule has 0 bridgehead atoms. The third-order valence-electron chi connectivity index (χ3n) is 3.15. The van der Waals surface area contributed by atoms with Gasteiger partial charge in [-0.15, -0.1) is 11.3 Å². The molecular formula is C16H21FN2OS. The molecule has 5 heteroatoms. The van der Waals surface area contributed by atoms with Crippen molar-refractivity contribution >= 4 is 11.3 Å². The van der Waals surface area contributed by atoms with Crippen molar-refractivity contribution < 1.29 is 9.13 Å². The maximum absolute atomic E-state index is 14.2. The first kappa shape index (κ1) is 16.1. The minimum atomic E-state index is -0.196. The summed E-state index contributed by atoms with van der Waals surface area (Å²) in [5, 5.41) is 4.08. The average molecular weight is 308 g/mol. The summed E-state index contributed by atoms with van der Waals surface area (Å²) in [6, 6.07) is 5.79. The van der Waals surface area contributed by atoms with Crippen LogP contribution in [0.1, 0.15) is 30.0 Å². The van der Waals surface area contributed by atoms with E-state index in [-0.39, 0.29) is 5.82 Å². The normalized spacial score (nSPS) is 11.3. The Kier molecular flexibility index (Phi) is 5.45.